The molecule has 1 amide bonds. The minimum atomic E-state index is -0.782. The van der Waals surface area contributed by atoms with Crippen LogP contribution in [0.5, 0.6) is 5.75 Å². The molecule has 0 saturated heterocycles. The van der Waals surface area contributed by atoms with Crippen LogP contribution in [-0.4, -0.2) is 24.6 Å². The summed E-state index contributed by atoms with van der Waals surface area (Å²) in [5.74, 6) is 0.707. The summed E-state index contributed by atoms with van der Waals surface area (Å²) in [6, 6.07) is 5.42. The van der Waals surface area contributed by atoms with Gasteiger partial charge < -0.3 is 21.1 Å². The van der Waals surface area contributed by atoms with Gasteiger partial charge in [0.1, 0.15) is 5.75 Å². The SMILES string of the molecule is CCC1(CC)Oc2cc(N)ccc2N(CCCN)C1=O. The van der Waals surface area contributed by atoms with Crippen LogP contribution in [0.25, 0.3) is 0 Å². The molecule has 1 aliphatic heterocycles. The van der Waals surface area contributed by atoms with Gasteiger partial charge in [0, 0.05) is 18.3 Å². The largest absolute Gasteiger partial charge is 0.475 e. The summed E-state index contributed by atoms with van der Waals surface area (Å²) in [5, 5.41) is 0. The predicted molar refractivity (Wildman–Crippen MR) is 80.8 cm³/mol. The summed E-state index contributed by atoms with van der Waals surface area (Å²) in [4.78, 5) is 14.6. The number of fused-ring (bicyclic) bond motifs is 1. The number of anilines is 2. The van der Waals surface area contributed by atoms with Crippen LogP contribution in [0.1, 0.15) is 33.1 Å². The number of ether oxygens (including phenoxy) is 1. The van der Waals surface area contributed by atoms with Crippen molar-refractivity contribution in [3.8, 4) is 5.75 Å². The van der Waals surface area contributed by atoms with Crippen LogP contribution in [0.4, 0.5) is 11.4 Å². The number of hydrogen-bond donors (Lipinski definition) is 2. The van der Waals surface area contributed by atoms with Crippen molar-refractivity contribution in [2.24, 2.45) is 5.73 Å². The number of amides is 1. The highest BCUT2D eigenvalue weighted by Gasteiger charge is 2.45. The van der Waals surface area contributed by atoms with E-state index in [1.165, 1.54) is 0 Å². The Morgan fingerprint density at radius 2 is 2.00 bits per heavy atom. The van der Waals surface area contributed by atoms with Gasteiger partial charge in [-0.15, -0.1) is 0 Å². The molecule has 1 aromatic carbocycles. The van der Waals surface area contributed by atoms with Crippen LogP contribution in [-0.2, 0) is 4.79 Å². The van der Waals surface area contributed by atoms with E-state index in [-0.39, 0.29) is 5.91 Å². The lowest BCUT2D eigenvalue weighted by Crippen LogP contribution is -2.56. The topological polar surface area (TPSA) is 81.6 Å². The normalized spacial score (nSPS) is 16.8. The summed E-state index contributed by atoms with van der Waals surface area (Å²) in [5.41, 5.74) is 12.1. The molecule has 0 radical (unpaired) electrons. The number of hydrogen-bond acceptors (Lipinski definition) is 4. The Hall–Kier alpha value is -1.75. The molecule has 0 saturated carbocycles. The molecule has 5 heteroatoms. The van der Waals surface area contributed by atoms with Crippen molar-refractivity contribution in [2.75, 3.05) is 23.7 Å². The summed E-state index contributed by atoms with van der Waals surface area (Å²) in [6.07, 6.45) is 2.03. The van der Waals surface area contributed by atoms with Gasteiger partial charge in [0.15, 0.2) is 5.60 Å². The van der Waals surface area contributed by atoms with Crippen molar-refractivity contribution in [3.05, 3.63) is 18.2 Å². The molecule has 0 aliphatic carbocycles. The van der Waals surface area contributed by atoms with Crippen molar-refractivity contribution in [1.29, 1.82) is 0 Å². The number of nitrogen functional groups attached to an aromatic ring is 1. The quantitative estimate of drug-likeness (QED) is 0.805. The number of nitrogens with zero attached hydrogens (tertiary/aromatic N) is 1. The third kappa shape index (κ3) is 2.33. The first-order chi connectivity index (χ1) is 9.57. The van der Waals surface area contributed by atoms with Crippen molar-refractivity contribution < 1.29 is 9.53 Å². The highest BCUT2D eigenvalue weighted by molar-refractivity contribution is 6.03. The maximum atomic E-state index is 12.8. The van der Waals surface area contributed by atoms with E-state index in [1.807, 2.05) is 19.9 Å². The Labute approximate surface area is 119 Å². The molecule has 0 unspecified atom stereocenters. The first-order valence-electron chi connectivity index (χ1n) is 7.18. The molecule has 0 fully saturated rings. The first-order valence-corrected chi connectivity index (χ1v) is 7.18. The molecular weight excluding hydrogens is 254 g/mol. The second-order valence-corrected chi connectivity index (χ2v) is 5.13. The second kappa shape index (κ2) is 5.71. The Bertz CT molecular complexity index is 498. The average molecular weight is 277 g/mol. The number of rotatable bonds is 5. The zero-order valence-electron chi connectivity index (χ0n) is 12.2. The van der Waals surface area contributed by atoms with Gasteiger partial charge in [-0.25, -0.2) is 0 Å². The molecular formula is C15H23N3O2. The van der Waals surface area contributed by atoms with E-state index in [9.17, 15) is 4.79 Å². The Morgan fingerprint density at radius 3 is 2.60 bits per heavy atom. The smallest absolute Gasteiger partial charge is 0.271 e. The summed E-state index contributed by atoms with van der Waals surface area (Å²) < 4.78 is 6.02. The number of carbonyl (C=O) groups is 1. The number of benzene rings is 1. The Morgan fingerprint density at radius 1 is 1.30 bits per heavy atom. The monoisotopic (exact) mass is 277 g/mol. The fourth-order valence-corrected chi connectivity index (χ4v) is 2.61. The summed E-state index contributed by atoms with van der Waals surface area (Å²) in [7, 11) is 0. The van der Waals surface area contributed by atoms with Gasteiger partial charge in [-0.3, -0.25) is 4.79 Å². The Kier molecular flexibility index (Phi) is 4.18. The van der Waals surface area contributed by atoms with E-state index in [4.69, 9.17) is 16.2 Å². The lowest BCUT2D eigenvalue weighted by molar-refractivity contribution is -0.136. The van der Waals surface area contributed by atoms with E-state index in [0.717, 1.165) is 12.1 Å². The van der Waals surface area contributed by atoms with E-state index in [1.54, 1.807) is 17.0 Å². The van der Waals surface area contributed by atoms with E-state index in [0.29, 0.717) is 37.4 Å². The highest BCUT2D eigenvalue weighted by atomic mass is 16.5. The van der Waals surface area contributed by atoms with Crippen molar-refractivity contribution >= 4 is 17.3 Å². The fraction of sp³-hybridized carbons (Fsp3) is 0.533. The van der Waals surface area contributed by atoms with Gasteiger partial charge >= 0.3 is 0 Å². The maximum Gasteiger partial charge on any atom is 0.271 e. The van der Waals surface area contributed by atoms with Gasteiger partial charge in [-0.05, 0) is 37.9 Å². The molecule has 1 aliphatic rings. The van der Waals surface area contributed by atoms with Crippen molar-refractivity contribution in [3.63, 3.8) is 0 Å². The summed E-state index contributed by atoms with van der Waals surface area (Å²) in [6.45, 7) is 5.11. The van der Waals surface area contributed by atoms with Crippen LogP contribution < -0.4 is 21.1 Å². The second-order valence-electron chi connectivity index (χ2n) is 5.13. The third-order valence-electron chi connectivity index (χ3n) is 3.94. The molecule has 1 aromatic rings. The van der Waals surface area contributed by atoms with E-state index in [2.05, 4.69) is 0 Å². The molecule has 1 heterocycles. The van der Waals surface area contributed by atoms with Crippen LogP contribution in [0.15, 0.2) is 18.2 Å². The minimum absolute atomic E-state index is 0.0215. The van der Waals surface area contributed by atoms with Crippen LogP contribution in [0.2, 0.25) is 0 Å². The van der Waals surface area contributed by atoms with Gasteiger partial charge in [0.2, 0.25) is 0 Å². The van der Waals surface area contributed by atoms with Gasteiger partial charge in [-0.2, -0.15) is 0 Å². The molecule has 0 atom stereocenters. The van der Waals surface area contributed by atoms with Gasteiger partial charge in [-0.1, -0.05) is 13.8 Å². The van der Waals surface area contributed by atoms with Gasteiger partial charge in [0.25, 0.3) is 5.91 Å². The van der Waals surface area contributed by atoms with E-state index >= 15 is 0 Å². The minimum Gasteiger partial charge on any atom is -0.475 e. The number of nitrogens with two attached hydrogens (primary N) is 2. The molecule has 20 heavy (non-hydrogen) atoms. The average Bonchev–Trinajstić information content (AvgIpc) is 2.46. The van der Waals surface area contributed by atoms with Crippen molar-refractivity contribution in [2.45, 2.75) is 38.7 Å². The van der Waals surface area contributed by atoms with Gasteiger partial charge in [0.05, 0.1) is 5.69 Å². The molecule has 4 N–H and O–H groups in total. The molecule has 110 valence electrons. The predicted octanol–water partition coefficient (Wildman–Crippen LogP) is 1.90. The van der Waals surface area contributed by atoms with Crippen LogP contribution in [0.3, 0.4) is 0 Å². The first kappa shape index (κ1) is 14.7. The lowest BCUT2D eigenvalue weighted by Gasteiger charge is -2.42. The molecule has 2 rings (SSSR count). The molecule has 0 spiro atoms. The van der Waals surface area contributed by atoms with Crippen molar-refractivity contribution in [1.82, 2.24) is 0 Å². The zero-order chi connectivity index (χ0) is 14.8. The number of carbonyl (C=O) groups excluding carboxylic acids is 1. The standard InChI is InChI=1S/C15H23N3O2/c1-3-15(4-2)14(19)18(9-5-8-16)12-7-6-11(17)10-13(12)20-15/h6-7,10H,3-5,8-9,16-17H2,1-2H3. The lowest BCUT2D eigenvalue weighted by atomic mass is 9.92. The molecule has 5 nitrogen and oxygen atoms in total. The van der Waals surface area contributed by atoms with E-state index < -0.39 is 5.60 Å². The zero-order valence-corrected chi connectivity index (χ0v) is 12.2. The third-order valence-corrected chi connectivity index (χ3v) is 3.94. The Balaban J connectivity index is 2.47. The van der Waals surface area contributed by atoms with Crippen LogP contribution >= 0.6 is 0 Å². The maximum absolute atomic E-state index is 12.8. The van der Waals surface area contributed by atoms with Crippen LogP contribution in [0, 0.1) is 0 Å². The highest BCUT2D eigenvalue weighted by Crippen LogP contribution is 2.41. The molecule has 0 aromatic heterocycles. The summed E-state index contributed by atoms with van der Waals surface area (Å²) >= 11 is 0. The molecule has 0 bridgehead atoms. The fourth-order valence-electron chi connectivity index (χ4n) is 2.61.